The van der Waals surface area contributed by atoms with Crippen molar-refractivity contribution in [3.8, 4) is 0 Å². The Hall–Kier alpha value is -3.48. The van der Waals surface area contributed by atoms with E-state index in [1.807, 2.05) is 7.05 Å². The lowest BCUT2D eigenvalue weighted by molar-refractivity contribution is 0.0941. The molecule has 0 unspecified atom stereocenters. The highest BCUT2D eigenvalue weighted by Gasteiger charge is 2.22. The minimum atomic E-state index is -0.573. The smallest absolute Gasteiger partial charge is 0.252 e. The van der Waals surface area contributed by atoms with E-state index in [0.29, 0.717) is 17.0 Å². The first-order chi connectivity index (χ1) is 12.6. The number of H-pyrrole nitrogens is 1. The molecule has 2 aromatic heterocycles. The molecule has 2 N–H and O–H groups in total. The summed E-state index contributed by atoms with van der Waals surface area (Å²) in [6.07, 6.45) is 5.00. The Kier molecular flexibility index (Phi) is 3.96. The van der Waals surface area contributed by atoms with Crippen molar-refractivity contribution in [3.63, 3.8) is 0 Å². The molecule has 0 fully saturated rings. The summed E-state index contributed by atoms with van der Waals surface area (Å²) in [5.74, 6) is -0.0276. The van der Waals surface area contributed by atoms with Crippen molar-refractivity contribution in [2.45, 2.75) is 6.04 Å². The molecule has 0 aliphatic heterocycles. The third-order valence-corrected chi connectivity index (χ3v) is 4.26. The van der Waals surface area contributed by atoms with Crippen LogP contribution in [-0.2, 0) is 7.05 Å². The van der Waals surface area contributed by atoms with Crippen LogP contribution in [0.3, 0.4) is 0 Å². The molecule has 1 atom stereocenters. The van der Waals surface area contributed by atoms with Crippen LogP contribution in [0.4, 0.5) is 4.39 Å². The molecule has 2 heterocycles. The fraction of sp³-hybridized carbons (Fsp3) is 0.105. The van der Waals surface area contributed by atoms with Crippen LogP contribution in [0.5, 0.6) is 0 Å². The predicted molar refractivity (Wildman–Crippen MR) is 95.0 cm³/mol. The Balaban J connectivity index is 1.70. The molecule has 0 radical (unpaired) electrons. The van der Waals surface area contributed by atoms with Crippen LogP contribution < -0.4 is 5.32 Å². The minimum Gasteiger partial charge on any atom is -0.345 e. The van der Waals surface area contributed by atoms with E-state index in [1.54, 1.807) is 53.6 Å². The highest BCUT2D eigenvalue weighted by Crippen LogP contribution is 2.22. The first kappa shape index (κ1) is 16.0. The molecule has 130 valence electrons. The number of imidazole rings is 2. The van der Waals surface area contributed by atoms with Crippen molar-refractivity contribution in [1.29, 1.82) is 0 Å². The molecule has 1 amide bonds. The monoisotopic (exact) mass is 349 g/mol. The van der Waals surface area contributed by atoms with Crippen LogP contribution in [-0.4, -0.2) is 25.4 Å². The fourth-order valence-corrected chi connectivity index (χ4v) is 2.93. The molecule has 26 heavy (non-hydrogen) atoms. The van der Waals surface area contributed by atoms with E-state index in [4.69, 9.17) is 0 Å². The largest absolute Gasteiger partial charge is 0.345 e. The molecule has 0 bridgehead atoms. The number of aromatic nitrogens is 4. The summed E-state index contributed by atoms with van der Waals surface area (Å²) in [6, 6.07) is 10.8. The zero-order valence-electron chi connectivity index (χ0n) is 14.0. The molecular formula is C19H16FN5O. The number of rotatable bonds is 4. The summed E-state index contributed by atoms with van der Waals surface area (Å²) in [5, 5.41) is 2.95. The average Bonchev–Trinajstić information content (AvgIpc) is 3.27. The summed E-state index contributed by atoms with van der Waals surface area (Å²) in [6.45, 7) is 0. The van der Waals surface area contributed by atoms with E-state index >= 15 is 0 Å². The summed E-state index contributed by atoms with van der Waals surface area (Å²) in [4.78, 5) is 24.3. The maximum absolute atomic E-state index is 13.7. The van der Waals surface area contributed by atoms with Gasteiger partial charge in [-0.1, -0.05) is 12.1 Å². The van der Waals surface area contributed by atoms with Crippen LogP contribution in [0.1, 0.15) is 27.8 Å². The van der Waals surface area contributed by atoms with Gasteiger partial charge >= 0.3 is 0 Å². The van der Waals surface area contributed by atoms with Gasteiger partial charge in [-0.25, -0.2) is 14.4 Å². The molecular weight excluding hydrogens is 333 g/mol. The second-order valence-electron chi connectivity index (χ2n) is 5.99. The number of benzene rings is 2. The number of halogens is 1. The quantitative estimate of drug-likeness (QED) is 0.595. The first-order valence-electron chi connectivity index (χ1n) is 8.08. The number of carbonyl (C=O) groups excluding carboxylic acids is 1. The van der Waals surface area contributed by atoms with Gasteiger partial charge in [-0.05, 0) is 35.9 Å². The lowest BCUT2D eigenvalue weighted by atomic mass is 10.0. The topological polar surface area (TPSA) is 75.6 Å². The lowest BCUT2D eigenvalue weighted by Crippen LogP contribution is -2.31. The number of carbonyl (C=O) groups is 1. The highest BCUT2D eigenvalue weighted by atomic mass is 19.1. The van der Waals surface area contributed by atoms with Gasteiger partial charge in [-0.3, -0.25) is 4.79 Å². The van der Waals surface area contributed by atoms with Crippen LogP contribution in [0.15, 0.2) is 61.2 Å². The summed E-state index contributed by atoms with van der Waals surface area (Å²) in [5.41, 5.74) is 2.66. The zero-order valence-corrected chi connectivity index (χ0v) is 14.0. The lowest BCUT2D eigenvalue weighted by Gasteiger charge is -2.19. The molecule has 4 aromatic rings. The highest BCUT2D eigenvalue weighted by molar-refractivity contribution is 5.97. The molecule has 4 rings (SSSR count). The molecule has 7 heteroatoms. The minimum absolute atomic E-state index is 0.279. The summed E-state index contributed by atoms with van der Waals surface area (Å²) >= 11 is 0. The maximum atomic E-state index is 13.7. The number of amides is 1. The van der Waals surface area contributed by atoms with Gasteiger partial charge in [-0.15, -0.1) is 0 Å². The Morgan fingerprint density at radius 1 is 1.23 bits per heavy atom. The van der Waals surface area contributed by atoms with Crippen molar-refractivity contribution >= 4 is 16.9 Å². The van der Waals surface area contributed by atoms with Gasteiger partial charge < -0.3 is 14.9 Å². The third kappa shape index (κ3) is 2.95. The van der Waals surface area contributed by atoms with Gasteiger partial charge in [0.25, 0.3) is 5.91 Å². The number of fused-ring (bicyclic) bond motifs is 1. The van der Waals surface area contributed by atoms with Crippen LogP contribution in [0.25, 0.3) is 11.0 Å². The van der Waals surface area contributed by atoms with Crippen LogP contribution in [0.2, 0.25) is 0 Å². The first-order valence-corrected chi connectivity index (χ1v) is 8.08. The number of nitrogens with one attached hydrogen (secondary N) is 2. The van der Waals surface area contributed by atoms with Gasteiger partial charge in [0, 0.05) is 25.0 Å². The maximum Gasteiger partial charge on any atom is 0.252 e. The second kappa shape index (κ2) is 6.44. The normalized spacial score (nSPS) is 12.2. The van der Waals surface area contributed by atoms with E-state index < -0.39 is 6.04 Å². The average molecular weight is 349 g/mol. The van der Waals surface area contributed by atoms with Gasteiger partial charge in [0.2, 0.25) is 0 Å². The van der Waals surface area contributed by atoms with Crippen molar-refractivity contribution in [1.82, 2.24) is 24.8 Å². The number of aryl methyl sites for hydroxylation is 1. The van der Waals surface area contributed by atoms with E-state index in [0.717, 1.165) is 11.0 Å². The molecule has 6 nitrogen and oxygen atoms in total. The van der Waals surface area contributed by atoms with Crippen molar-refractivity contribution < 1.29 is 9.18 Å². The number of aromatic amines is 1. The standard InChI is InChI=1S/C19H16FN5O/c1-25-8-7-21-18(25)17(12-3-2-4-14(20)9-12)24-19(26)13-5-6-15-16(10-13)23-11-22-15/h2-11,17H,1H3,(H,22,23)(H,24,26)/t17-/m1/s1. The Morgan fingerprint density at radius 2 is 2.12 bits per heavy atom. The van der Waals surface area contributed by atoms with Gasteiger partial charge in [0.05, 0.1) is 17.4 Å². The van der Waals surface area contributed by atoms with E-state index in [1.165, 1.54) is 12.1 Å². The summed E-state index contributed by atoms with van der Waals surface area (Å²) in [7, 11) is 1.83. The number of hydrogen-bond donors (Lipinski definition) is 2. The predicted octanol–water partition coefficient (Wildman–Crippen LogP) is 2.95. The second-order valence-corrected chi connectivity index (χ2v) is 5.99. The van der Waals surface area contributed by atoms with Gasteiger partial charge in [0.1, 0.15) is 17.7 Å². The Morgan fingerprint density at radius 3 is 2.88 bits per heavy atom. The Labute approximate surface area is 148 Å². The van der Waals surface area contributed by atoms with Crippen LogP contribution >= 0.6 is 0 Å². The van der Waals surface area contributed by atoms with Crippen LogP contribution in [0, 0.1) is 5.82 Å². The van der Waals surface area contributed by atoms with E-state index in [9.17, 15) is 9.18 Å². The molecule has 0 saturated heterocycles. The van der Waals surface area contributed by atoms with E-state index in [-0.39, 0.29) is 11.7 Å². The Bertz CT molecular complexity index is 1080. The third-order valence-electron chi connectivity index (χ3n) is 4.26. The number of nitrogens with zero attached hydrogens (tertiary/aromatic N) is 3. The van der Waals surface area contributed by atoms with Gasteiger partial charge in [-0.2, -0.15) is 0 Å². The molecule has 0 aliphatic carbocycles. The molecule has 0 aliphatic rings. The van der Waals surface area contributed by atoms with Gasteiger partial charge in [0.15, 0.2) is 0 Å². The fourth-order valence-electron chi connectivity index (χ4n) is 2.93. The van der Waals surface area contributed by atoms with Crippen molar-refractivity contribution in [2.75, 3.05) is 0 Å². The molecule has 0 saturated carbocycles. The zero-order chi connectivity index (χ0) is 18.1. The van der Waals surface area contributed by atoms with E-state index in [2.05, 4.69) is 20.3 Å². The van der Waals surface area contributed by atoms with Crippen molar-refractivity contribution in [3.05, 3.63) is 84.0 Å². The summed E-state index contributed by atoms with van der Waals surface area (Å²) < 4.78 is 15.5. The number of hydrogen-bond acceptors (Lipinski definition) is 3. The van der Waals surface area contributed by atoms with Crippen molar-refractivity contribution in [2.24, 2.45) is 7.05 Å². The molecule has 2 aromatic carbocycles. The SMILES string of the molecule is Cn1ccnc1[C@H](NC(=O)c1ccc2nc[nH]c2c1)c1cccc(F)c1. The molecule has 0 spiro atoms.